The van der Waals surface area contributed by atoms with Crippen LogP contribution in [0.3, 0.4) is 0 Å². The smallest absolute Gasteiger partial charge is 0.252 e. The summed E-state index contributed by atoms with van der Waals surface area (Å²) >= 11 is 1.45. The number of thiazole rings is 1. The van der Waals surface area contributed by atoms with E-state index in [0.29, 0.717) is 5.13 Å². The van der Waals surface area contributed by atoms with Gasteiger partial charge in [-0.2, -0.15) is 0 Å². The minimum Gasteiger partial charge on any atom is -0.369 e. The van der Waals surface area contributed by atoms with Gasteiger partial charge in [-0.15, -0.1) is 11.3 Å². The van der Waals surface area contributed by atoms with E-state index < -0.39 is 0 Å². The molecule has 1 aromatic heterocycles. The van der Waals surface area contributed by atoms with Gasteiger partial charge in [0.2, 0.25) is 0 Å². The molecule has 0 unspecified atom stereocenters. The molecule has 78 valence electrons. The predicted molar refractivity (Wildman–Crippen MR) is 56.6 cm³/mol. The van der Waals surface area contributed by atoms with Crippen molar-refractivity contribution in [2.75, 3.05) is 11.9 Å². The van der Waals surface area contributed by atoms with Gasteiger partial charge in [-0.25, -0.2) is 4.98 Å². The molecule has 0 bridgehead atoms. The highest BCUT2D eigenvalue weighted by Crippen LogP contribution is 2.16. The summed E-state index contributed by atoms with van der Waals surface area (Å²) in [6.07, 6.45) is 1.79. The maximum Gasteiger partial charge on any atom is 0.252 e. The van der Waals surface area contributed by atoms with Crippen LogP contribution in [0.15, 0.2) is 6.20 Å². The number of rotatable bonds is 4. The third kappa shape index (κ3) is 3.85. The number of aromatic nitrogens is 1. The van der Waals surface area contributed by atoms with E-state index in [1.807, 2.05) is 20.8 Å². The summed E-state index contributed by atoms with van der Waals surface area (Å²) < 4.78 is 5.15. The van der Waals surface area contributed by atoms with E-state index >= 15 is 0 Å². The highest BCUT2D eigenvalue weighted by Gasteiger charge is 2.05. The number of anilines is 1. The second-order valence-electron chi connectivity index (χ2n) is 3.18. The van der Waals surface area contributed by atoms with Crippen LogP contribution in [0.2, 0.25) is 0 Å². The average molecular weight is 214 g/mol. The molecule has 4 nitrogen and oxygen atoms in total. The Labute approximate surface area is 87.3 Å². The molecule has 0 fully saturated rings. The van der Waals surface area contributed by atoms with Crippen LogP contribution in [-0.2, 0) is 9.53 Å². The SMILES string of the molecule is Cc1cnc(NC(=O)COC(C)C)s1. The Balaban J connectivity index is 2.34. The van der Waals surface area contributed by atoms with Crippen LogP contribution in [0.5, 0.6) is 0 Å². The second-order valence-corrected chi connectivity index (χ2v) is 4.42. The quantitative estimate of drug-likeness (QED) is 0.831. The second kappa shape index (κ2) is 5.07. The fourth-order valence-corrected chi connectivity index (χ4v) is 1.49. The van der Waals surface area contributed by atoms with Gasteiger partial charge < -0.3 is 4.74 Å². The summed E-state index contributed by atoms with van der Waals surface area (Å²) in [6.45, 7) is 5.80. The molecule has 1 rings (SSSR count). The zero-order valence-electron chi connectivity index (χ0n) is 8.53. The van der Waals surface area contributed by atoms with Crippen molar-refractivity contribution in [2.45, 2.75) is 26.9 Å². The lowest BCUT2D eigenvalue weighted by molar-refractivity contribution is -0.121. The third-order valence-corrected chi connectivity index (χ3v) is 2.24. The molecule has 0 saturated heterocycles. The molecule has 0 atom stereocenters. The molecule has 1 N–H and O–H groups in total. The number of nitrogens with zero attached hydrogens (tertiary/aromatic N) is 1. The van der Waals surface area contributed by atoms with Crippen LogP contribution in [-0.4, -0.2) is 23.6 Å². The van der Waals surface area contributed by atoms with E-state index in [-0.39, 0.29) is 18.6 Å². The fourth-order valence-electron chi connectivity index (χ4n) is 0.810. The highest BCUT2D eigenvalue weighted by molar-refractivity contribution is 7.15. The Hall–Kier alpha value is -0.940. The Kier molecular flexibility index (Phi) is 4.03. The molecule has 1 aromatic rings. The normalized spacial score (nSPS) is 10.6. The fraction of sp³-hybridized carbons (Fsp3) is 0.556. The summed E-state index contributed by atoms with van der Waals surface area (Å²) in [5.41, 5.74) is 0. The number of aryl methyl sites for hydroxylation is 1. The van der Waals surface area contributed by atoms with Crippen LogP contribution < -0.4 is 5.32 Å². The number of carbonyl (C=O) groups is 1. The first-order valence-electron chi connectivity index (χ1n) is 4.42. The summed E-state index contributed by atoms with van der Waals surface area (Å²) in [5, 5.41) is 3.29. The monoisotopic (exact) mass is 214 g/mol. The van der Waals surface area contributed by atoms with Gasteiger partial charge in [-0.1, -0.05) is 0 Å². The van der Waals surface area contributed by atoms with Gasteiger partial charge in [0.25, 0.3) is 5.91 Å². The first kappa shape index (κ1) is 11.1. The summed E-state index contributed by atoms with van der Waals surface area (Å²) in [7, 11) is 0. The molecule has 5 heteroatoms. The summed E-state index contributed by atoms with van der Waals surface area (Å²) in [5.74, 6) is -0.159. The van der Waals surface area contributed by atoms with Gasteiger partial charge in [0.05, 0.1) is 6.10 Å². The molecule has 0 saturated carbocycles. The molecule has 0 spiro atoms. The highest BCUT2D eigenvalue weighted by atomic mass is 32.1. The van der Waals surface area contributed by atoms with Crippen LogP contribution in [0, 0.1) is 6.92 Å². The van der Waals surface area contributed by atoms with Gasteiger partial charge >= 0.3 is 0 Å². The zero-order valence-corrected chi connectivity index (χ0v) is 9.35. The van der Waals surface area contributed by atoms with Gasteiger partial charge in [0.15, 0.2) is 5.13 Å². The molecule has 1 amide bonds. The average Bonchev–Trinajstić information content (AvgIpc) is 2.48. The Bertz CT molecular complexity index is 310. The minimum absolute atomic E-state index is 0.0683. The summed E-state index contributed by atoms with van der Waals surface area (Å²) in [6, 6.07) is 0. The van der Waals surface area contributed by atoms with Crippen molar-refractivity contribution in [3.63, 3.8) is 0 Å². The lowest BCUT2D eigenvalue weighted by Crippen LogP contribution is -2.20. The lowest BCUT2D eigenvalue weighted by Gasteiger charge is -2.06. The van der Waals surface area contributed by atoms with E-state index in [1.54, 1.807) is 6.20 Å². The minimum atomic E-state index is -0.159. The molecule has 1 heterocycles. The molecule has 0 aliphatic rings. The largest absolute Gasteiger partial charge is 0.369 e. The molecule has 0 aliphatic carbocycles. The van der Waals surface area contributed by atoms with E-state index in [0.717, 1.165) is 4.88 Å². The van der Waals surface area contributed by atoms with Gasteiger partial charge in [0, 0.05) is 11.1 Å². The van der Waals surface area contributed by atoms with Gasteiger partial charge in [0.1, 0.15) is 6.61 Å². The molecule has 14 heavy (non-hydrogen) atoms. The maximum atomic E-state index is 11.3. The Morgan fingerprint density at radius 3 is 2.93 bits per heavy atom. The van der Waals surface area contributed by atoms with Crippen molar-refractivity contribution >= 4 is 22.4 Å². The molecule has 0 radical (unpaired) electrons. The van der Waals surface area contributed by atoms with Gasteiger partial charge in [-0.05, 0) is 20.8 Å². The molecular weight excluding hydrogens is 200 g/mol. The molecule has 0 aromatic carbocycles. The van der Waals surface area contributed by atoms with E-state index in [4.69, 9.17) is 4.74 Å². The first-order valence-corrected chi connectivity index (χ1v) is 5.23. The summed E-state index contributed by atoms with van der Waals surface area (Å²) in [4.78, 5) is 16.3. The number of amides is 1. The van der Waals surface area contributed by atoms with E-state index in [9.17, 15) is 4.79 Å². The van der Waals surface area contributed by atoms with Crippen molar-refractivity contribution < 1.29 is 9.53 Å². The van der Waals surface area contributed by atoms with Gasteiger partial charge in [-0.3, -0.25) is 10.1 Å². The molecular formula is C9H14N2O2S. The van der Waals surface area contributed by atoms with E-state index in [1.165, 1.54) is 11.3 Å². The number of hydrogen-bond acceptors (Lipinski definition) is 4. The van der Waals surface area contributed by atoms with Crippen LogP contribution in [0.25, 0.3) is 0 Å². The van der Waals surface area contributed by atoms with Crippen molar-refractivity contribution in [1.29, 1.82) is 0 Å². The number of hydrogen-bond donors (Lipinski definition) is 1. The molecule has 0 aliphatic heterocycles. The van der Waals surface area contributed by atoms with Crippen molar-refractivity contribution in [1.82, 2.24) is 4.98 Å². The zero-order chi connectivity index (χ0) is 10.6. The van der Waals surface area contributed by atoms with Crippen LogP contribution in [0.1, 0.15) is 18.7 Å². The van der Waals surface area contributed by atoms with Crippen molar-refractivity contribution in [3.8, 4) is 0 Å². The van der Waals surface area contributed by atoms with Crippen LogP contribution in [0.4, 0.5) is 5.13 Å². The maximum absolute atomic E-state index is 11.3. The van der Waals surface area contributed by atoms with Crippen molar-refractivity contribution in [2.24, 2.45) is 0 Å². The standard InChI is InChI=1S/C9H14N2O2S/c1-6(2)13-5-8(12)11-9-10-4-7(3)14-9/h4,6H,5H2,1-3H3,(H,10,11,12). The Morgan fingerprint density at radius 2 is 2.43 bits per heavy atom. The topological polar surface area (TPSA) is 51.2 Å². The number of ether oxygens (including phenoxy) is 1. The number of nitrogens with one attached hydrogen (secondary N) is 1. The Morgan fingerprint density at radius 1 is 1.71 bits per heavy atom. The van der Waals surface area contributed by atoms with Crippen LogP contribution >= 0.6 is 11.3 Å². The lowest BCUT2D eigenvalue weighted by atomic mass is 10.5. The first-order chi connectivity index (χ1) is 6.58. The van der Waals surface area contributed by atoms with Crippen molar-refractivity contribution in [3.05, 3.63) is 11.1 Å². The number of carbonyl (C=O) groups excluding carboxylic acids is 1. The predicted octanol–water partition coefficient (Wildman–Crippen LogP) is 1.82. The third-order valence-electron chi connectivity index (χ3n) is 1.42. The van der Waals surface area contributed by atoms with E-state index in [2.05, 4.69) is 10.3 Å².